The normalized spacial score (nSPS) is 10.7. The van der Waals surface area contributed by atoms with Gasteiger partial charge in [-0.15, -0.1) is 0 Å². The summed E-state index contributed by atoms with van der Waals surface area (Å²) in [7, 11) is 1.70. The molecule has 0 spiro atoms. The zero-order valence-corrected chi connectivity index (χ0v) is 11.5. The Morgan fingerprint density at radius 3 is 2.80 bits per heavy atom. The van der Waals surface area contributed by atoms with Gasteiger partial charge in [0.1, 0.15) is 0 Å². The van der Waals surface area contributed by atoms with Crippen molar-refractivity contribution in [2.45, 2.75) is 19.3 Å². The molecule has 0 aliphatic heterocycles. The number of hydrogen-bond acceptors (Lipinski definition) is 3. The lowest BCUT2D eigenvalue weighted by Gasteiger charge is -2.07. The van der Waals surface area contributed by atoms with Crippen LogP contribution < -0.4 is 11.2 Å². The molecular formula is C15H18N2O3. The molecule has 5 nitrogen and oxygen atoms in total. The van der Waals surface area contributed by atoms with Crippen molar-refractivity contribution in [1.82, 2.24) is 9.55 Å². The second kappa shape index (κ2) is 6.86. The van der Waals surface area contributed by atoms with E-state index in [0.29, 0.717) is 0 Å². The SMILES string of the molecule is COCCCCc1cccc(-n2ccc(=O)[nH]c2=O)c1. The van der Waals surface area contributed by atoms with Gasteiger partial charge in [0, 0.05) is 26.0 Å². The lowest BCUT2D eigenvalue weighted by molar-refractivity contribution is 0.193. The number of rotatable bonds is 6. The van der Waals surface area contributed by atoms with Gasteiger partial charge in [-0.1, -0.05) is 12.1 Å². The molecule has 1 aromatic heterocycles. The van der Waals surface area contributed by atoms with E-state index in [-0.39, 0.29) is 5.56 Å². The van der Waals surface area contributed by atoms with Crippen LogP contribution in [-0.2, 0) is 11.2 Å². The molecule has 0 amide bonds. The van der Waals surface area contributed by atoms with Crippen LogP contribution in [0.5, 0.6) is 0 Å². The van der Waals surface area contributed by atoms with Crippen molar-refractivity contribution >= 4 is 0 Å². The number of aryl methyl sites for hydroxylation is 1. The summed E-state index contributed by atoms with van der Waals surface area (Å²) >= 11 is 0. The van der Waals surface area contributed by atoms with E-state index in [1.807, 2.05) is 24.3 Å². The molecule has 2 rings (SSSR count). The predicted octanol–water partition coefficient (Wildman–Crippen LogP) is 1.49. The minimum atomic E-state index is -0.422. The largest absolute Gasteiger partial charge is 0.385 e. The van der Waals surface area contributed by atoms with Crippen LogP contribution >= 0.6 is 0 Å². The van der Waals surface area contributed by atoms with Gasteiger partial charge in [0.25, 0.3) is 5.56 Å². The Morgan fingerprint density at radius 1 is 1.20 bits per heavy atom. The molecule has 2 aromatic rings. The van der Waals surface area contributed by atoms with Gasteiger partial charge in [-0.3, -0.25) is 14.3 Å². The van der Waals surface area contributed by atoms with E-state index >= 15 is 0 Å². The summed E-state index contributed by atoms with van der Waals surface area (Å²) in [6.45, 7) is 0.763. The molecule has 106 valence electrons. The molecule has 0 aliphatic rings. The third kappa shape index (κ3) is 3.68. The molecule has 0 atom stereocenters. The average molecular weight is 274 g/mol. The van der Waals surface area contributed by atoms with Crippen molar-refractivity contribution in [3.63, 3.8) is 0 Å². The van der Waals surface area contributed by atoms with Crippen molar-refractivity contribution < 1.29 is 4.74 Å². The molecule has 1 N–H and O–H groups in total. The van der Waals surface area contributed by atoms with E-state index in [0.717, 1.165) is 37.1 Å². The second-order valence-electron chi connectivity index (χ2n) is 4.60. The standard InChI is InChI=1S/C15H18N2O3/c1-20-10-3-2-5-12-6-4-7-13(11-12)17-9-8-14(18)16-15(17)19/h4,6-9,11H,2-3,5,10H2,1H3,(H,16,18,19). The monoisotopic (exact) mass is 274 g/mol. The number of benzene rings is 1. The Labute approximate surface area is 116 Å². The van der Waals surface area contributed by atoms with Crippen LogP contribution in [0.15, 0.2) is 46.1 Å². The van der Waals surface area contributed by atoms with Crippen LogP contribution in [0.25, 0.3) is 5.69 Å². The molecule has 0 bridgehead atoms. The van der Waals surface area contributed by atoms with Crippen molar-refractivity contribution in [2.75, 3.05) is 13.7 Å². The van der Waals surface area contributed by atoms with E-state index < -0.39 is 5.69 Å². The van der Waals surface area contributed by atoms with Crippen LogP contribution in [0.2, 0.25) is 0 Å². The van der Waals surface area contributed by atoms with Crippen LogP contribution in [0.4, 0.5) is 0 Å². The van der Waals surface area contributed by atoms with Gasteiger partial charge in [-0.25, -0.2) is 4.79 Å². The lowest BCUT2D eigenvalue weighted by Crippen LogP contribution is -2.27. The topological polar surface area (TPSA) is 64.1 Å². The van der Waals surface area contributed by atoms with Crippen molar-refractivity contribution in [3.8, 4) is 5.69 Å². The molecule has 5 heteroatoms. The molecule has 0 fully saturated rings. The van der Waals surface area contributed by atoms with E-state index in [1.165, 1.54) is 16.8 Å². The maximum atomic E-state index is 11.7. The van der Waals surface area contributed by atoms with E-state index in [1.54, 1.807) is 7.11 Å². The lowest BCUT2D eigenvalue weighted by atomic mass is 10.1. The van der Waals surface area contributed by atoms with Crippen LogP contribution in [-0.4, -0.2) is 23.3 Å². The molecule has 1 aromatic carbocycles. The third-order valence-electron chi connectivity index (χ3n) is 3.08. The number of unbranched alkanes of at least 4 members (excludes halogenated alkanes) is 1. The number of methoxy groups -OCH3 is 1. The third-order valence-corrected chi connectivity index (χ3v) is 3.08. The van der Waals surface area contributed by atoms with Crippen LogP contribution in [0.3, 0.4) is 0 Å². The minimum Gasteiger partial charge on any atom is -0.385 e. The highest BCUT2D eigenvalue weighted by Gasteiger charge is 2.01. The van der Waals surface area contributed by atoms with Crippen LogP contribution in [0, 0.1) is 0 Å². The zero-order chi connectivity index (χ0) is 14.4. The summed E-state index contributed by atoms with van der Waals surface area (Å²) in [5.41, 5.74) is 1.11. The number of nitrogens with zero attached hydrogens (tertiary/aromatic N) is 1. The van der Waals surface area contributed by atoms with E-state index in [9.17, 15) is 9.59 Å². The molecule has 0 aliphatic carbocycles. The number of ether oxygens (including phenoxy) is 1. The second-order valence-corrected chi connectivity index (χ2v) is 4.60. The Morgan fingerprint density at radius 2 is 2.05 bits per heavy atom. The summed E-state index contributed by atoms with van der Waals surface area (Å²) < 4.78 is 6.45. The summed E-state index contributed by atoms with van der Waals surface area (Å²) in [4.78, 5) is 25.1. The van der Waals surface area contributed by atoms with Gasteiger partial charge in [-0.2, -0.15) is 0 Å². The van der Waals surface area contributed by atoms with Gasteiger partial charge in [0.2, 0.25) is 0 Å². The first-order valence-electron chi connectivity index (χ1n) is 6.61. The molecular weight excluding hydrogens is 256 g/mol. The van der Waals surface area contributed by atoms with Crippen molar-refractivity contribution in [1.29, 1.82) is 0 Å². The first-order valence-corrected chi connectivity index (χ1v) is 6.61. The smallest absolute Gasteiger partial charge is 0.332 e. The molecule has 0 radical (unpaired) electrons. The maximum absolute atomic E-state index is 11.7. The Balaban J connectivity index is 2.17. The molecule has 0 saturated heterocycles. The van der Waals surface area contributed by atoms with Gasteiger partial charge < -0.3 is 4.74 Å². The van der Waals surface area contributed by atoms with Gasteiger partial charge in [0.05, 0.1) is 5.69 Å². The maximum Gasteiger partial charge on any atom is 0.332 e. The minimum absolute atomic E-state index is 0.387. The van der Waals surface area contributed by atoms with Crippen molar-refractivity contribution in [2.24, 2.45) is 0 Å². The summed E-state index contributed by atoms with van der Waals surface area (Å²) in [5.74, 6) is 0. The fraction of sp³-hybridized carbons (Fsp3) is 0.333. The highest BCUT2D eigenvalue weighted by molar-refractivity contribution is 5.35. The van der Waals surface area contributed by atoms with Gasteiger partial charge >= 0.3 is 5.69 Å². The number of aromatic nitrogens is 2. The predicted molar refractivity (Wildman–Crippen MR) is 77.5 cm³/mol. The summed E-state index contributed by atoms with van der Waals surface area (Å²) in [6.07, 6.45) is 4.48. The van der Waals surface area contributed by atoms with E-state index in [4.69, 9.17) is 4.74 Å². The molecule has 20 heavy (non-hydrogen) atoms. The Bertz CT molecular complexity index is 673. The summed E-state index contributed by atoms with van der Waals surface area (Å²) in [6, 6.07) is 9.10. The zero-order valence-electron chi connectivity index (χ0n) is 11.5. The first kappa shape index (κ1) is 14.3. The van der Waals surface area contributed by atoms with Crippen LogP contribution in [0.1, 0.15) is 18.4 Å². The first-order chi connectivity index (χ1) is 9.70. The fourth-order valence-corrected chi connectivity index (χ4v) is 2.06. The molecule has 1 heterocycles. The average Bonchev–Trinajstić information content (AvgIpc) is 2.44. The highest BCUT2D eigenvalue weighted by Crippen LogP contribution is 2.11. The van der Waals surface area contributed by atoms with E-state index in [2.05, 4.69) is 4.98 Å². The van der Waals surface area contributed by atoms with Gasteiger partial charge in [0.15, 0.2) is 0 Å². The van der Waals surface area contributed by atoms with Crippen molar-refractivity contribution in [3.05, 3.63) is 62.9 Å². The highest BCUT2D eigenvalue weighted by atomic mass is 16.5. The number of aromatic amines is 1. The Hall–Kier alpha value is -2.14. The molecule has 0 unspecified atom stereocenters. The number of hydrogen-bond donors (Lipinski definition) is 1. The fourth-order valence-electron chi connectivity index (χ4n) is 2.06. The van der Waals surface area contributed by atoms with Gasteiger partial charge in [-0.05, 0) is 37.0 Å². The summed E-state index contributed by atoms with van der Waals surface area (Å²) in [5, 5.41) is 0. The Kier molecular flexibility index (Phi) is 4.90. The number of H-pyrrole nitrogens is 1. The number of nitrogens with one attached hydrogen (secondary N) is 1. The molecule has 0 saturated carbocycles. The quantitative estimate of drug-likeness (QED) is 0.812.